The molecule has 1 saturated heterocycles. The van der Waals surface area contributed by atoms with Gasteiger partial charge in [0.15, 0.2) is 0 Å². The monoisotopic (exact) mass is 447 g/mol. The number of benzene rings is 3. The van der Waals surface area contributed by atoms with Crippen molar-refractivity contribution in [3.8, 4) is 28.7 Å². The molecule has 1 aliphatic heterocycles. The molecule has 0 N–H and O–H groups in total. The quantitative estimate of drug-likeness (QED) is 0.384. The summed E-state index contributed by atoms with van der Waals surface area (Å²) in [5, 5.41) is 0. The van der Waals surface area contributed by atoms with Crippen LogP contribution < -0.4 is 18.9 Å². The van der Waals surface area contributed by atoms with Crippen molar-refractivity contribution in [1.29, 1.82) is 0 Å². The average molecular weight is 448 g/mol. The molecular weight excluding hydrogens is 414 g/mol. The van der Waals surface area contributed by atoms with Crippen LogP contribution in [0.25, 0.3) is 0 Å². The van der Waals surface area contributed by atoms with Gasteiger partial charge in [-0.05, 0) is 79.5 Å². The summed E-state index contributed by atoms with van der Waals surface area (Å²) in [5.41, 5.74) is 2.23. The Morgan fingerprint density at radius 1 is 0.727 bits per heavy atom. The standard InChI is InChI=1S/C28H33NO4/c1-30-26-8-6-7-22(20-26)19-23-9-10-27(31-2)21-28(23)33-25-13-11-24(12-14-25)32-18-17-29-15-4-3-5-16-29/h6-14,20-21H,3-5,15-19H2,1-2H3. The van der Waals surface area contributed by atoms with Crippen molar-refractivity contribution in [2.75, 3.05) is 40.5 Å². The van der Waals surface area contributed by atoms with Gasteiger partial charge in [-0.25, -0.2) is 0 Å². The molecule has 174 valence electrons. The highest BCUT2D eigenvalue weighted by Gasteiger charge is 2.11. The molecule has 0 bridgehead atoms. The van der Waals surface area contributed by atoms with Crippen LogP contribution in [-0.2, 0) is 6.42 Å². The second-order valence-electron chi connectivity index (χ2n) is 8.33. The molecule has 5 nitrogen and oxygen atoms in total. The number of hydrogen-bond donors (Lipinski definition) is 0. The smallest absolute Gasteiger partial charge is 0.134 e. The third-order valence-electron chi connectivity index (χ3n) is 5.98. The molecule has 3 aromatic carbocycles. The zero-order chi connectivity index (χ0) is 22.9. The van der Waals surface area contributed by atoms with E-state index in [2.05, 4.69) is 11.0 Å². The molecule has 0 spiro atoms. The highest BCUT2D eigenvalue weighted by molar-refractivity contribution is 5.46. The van der Waals surface area contributed by atoms with Gasteiger partial charge in [0.2, 0.25) is 0 Å². The largest absolute Gasteiger partial charge is 0.497 e. The number of methoxy groups -OCH3 is 2. The molecule has 33 heavy (non-hydrogen) atoms. The van der Waals surface area contributed by atoms with E-state index in [-0.39, 0.29) is 0 Å². The first kappa shape index (κ1) is 23.0. The van der Waals surface area contributed by atoms with Crippen LogP contribution in [0.2, 0.25) is 0 Å². The summed E-state index contributed by atoms with van der Waals surface area (Å²) in [5.74, 6) is 4.01. The highest BCUT2D eigenvalue weighted by atomic mass is 16.5. The number of likely N-dealkylation sites (tertiary alicyclic amines) is 1. The van der Waals surface area contributed by atoms with E-state index in [0.29, 0.717) is 6.61 Å². The lowest BCUT2D eigenvalue weighted by molar-refractivity contribution is 0.183. The van der Waals surface area contributed by atoms with E-state index in [0.717, 1.165) is 52.8 Å². The maximum absolute atomic E-state index is 6.26. The van der Waals surface area contributed by atoms with E-state index in [9.17, 15) is 0 Å². The molecule has 4 rings (SSSR count). The van der Waals surface area contributed by atoms with Crippen molar-refractivity contribution in [1.82, 2.24) is 4.90 Å². The lowest BCUT2D eigenvalue weighted by Crippen LogP contribution is -2.33. The van der Waals surface area contributed by atoms with Crippen LogP contribution in [0.5, 0.6) is 28.7 Å². The normalized spacial score (nSPS) is 14.0. The fourth-order valence-electron chi connectivity index (χ4n) is 4.11. The first-order valence-electron chi connectivity index (χ1n) is 11.7. The van der Waals surface area contributed by atoms with Gasteiger partial charge in [-0.2, -0.15) is 0 Å². The van der Waals surface area contributed by atoms with Crippen LogP contribution in [-0.4, -0.2) is 45.4 Å². The topological polar surface area (TPSA) is 40.2 Å². The van der Waals surface area contributed by atoms with Gasteiger partial charge in [-0.3, -0.25) is 4.90 Å². The number of piperidine rings is 1. The minimum atomic E-state index is 0.709. The molecule has 1 aliphatic rings. The van der Waals surface area contributed by atoms with E-state index in [4.69, 9.17) is 18.9 Å². The average Bonchev–Trinajstić information content (AvgIpc) is 2.87. The Kier molecular flexibility index (Phi) is 8.09. The van der Waals surface area contributed by atoms with Gasteiger partial charge in [0.1, 0.15) is 35.4 Å². The maximum atomic E-state index is 6.26. The molecule has 0 unspecified atom stereocenters. The Hall–Kier alpha value is -3.18. The maximum Gasteiger partial charge on any atom is 0.134 e. The SMILES string of the molecule is COc1cccc(Cc2ccc(OC)cc2Oc2ccc(OCCN3CCCCC3)cc2)c1. The molecule has 0 radical (unpaired) electrons. The van der Waals surface area contributed by atoms with Gasteiger partial charge in [-0.15, -0.1) is 0 Å². The number of ether oxygens (including phenoxy) is 4. The molecule has 3 aromatic rings. The van der Waals surface area contributed by atoms with Gasteiger partial charge in [0.05, 0.1) is 14.2 Å². The molecule has 0 aromatic heterocycles. The van der Waals surface area contributed by atoms with E-state index in [1.54, 1.807) is 14.2 Å². The van der Waals surface area contributed by atoms with Crippen LogP contribution in [0.1, 0.15) is 30.4 Å². The lowest BCUT2D eigenvalue weighted by atomic mass is 10.0. The molecule has 1 heterocycles. The van der Waals surface area contributed by atoms with Crippen LogP contribution in [0.3, 0.4) is 0 Å². The fraction of sp³-hybridized carbons (Fsp3) is 0.357. The van der Waals surface area contributed by atoms with Gasteiger partial charge < -0.3 is 18.9 Å². The second-order valence-corrected chi connectivity index (χ2v) is 8.33. The Morgan fingerprint density at radius 2 is 1.42 bits per heavy atom. The molecule has 0 aliphatic carbocycles. The molecule has 0 amide bonds. The molecule has 0 atom stereocenters. The van der Waals surface area contributed by atoms with Crippen molar-refractivity contribution in [2.24, 2.45) is 0 Å². The number of rotatable bonds is 10. The van der Waals surface area contributed by atoms with E-state index in [1.165, 1.54) is 32.4 Å². The van der Waals surface area contributed by atoms with Crippen LogP contribution in [0.15, 0.2) is 66.7 Å². The molecule has 0 saturated carbocycles. The summed E-state index contributed by atoms with van der Waals surface area (Å²) in [7, 11) is 3.35. The number of nitrogens with zero attached hydrogens (tertiary/aromatic N) is 1. The minimum absolute atomic E-state index is 0.709. The molecule has 5 heteroatoms. The summed E-state index contributed by atoms with van der Waals surface area (Å²) >= 11 is 0. The summed E-state index contributed by atoms with van der Waals surface area (Å²) in [6.07, 6.45) is 4.69. The van der Waals surface area contributed by atoms with E-state index in [1.807, 2.05) is 60.7 Å². The van der Waals surface area contributed by atoms with Crippen molar-refractivity contribution < 1.29 is 18.9 Å². The zero-order valence-electron chi connectivity index (χ0n) is 19.6. The van der Waals surface area contributed by atoms with Crippen molar-refractivity contribution in [2.45, 2.75) is 25.7 Å². The van der Waals surface area contributed by atoms with Gasteiger partial charge >= 0.3 is 0 Å². The zero-order valence-corrected chi connectivity index (χ0v) is 19.6. The molecular formula is C28H33NO4. The van der Waals surface area contributed by atoms with Crippen LogP contribution in [0.4, 0.5) is 0 Å². The Labute approximate surface area is 196 Å². The third kappa shape index (κ3) is 6.65. The fourth-order valence-corrected chi connectivity index (χ4v) is 4.11. The minimum Gasteiger partial charge on any atom is -0.497 e. The van der Waals surface area contributed by atoms with Crippen molar-refractivity contribution >= 4 is 0 Å². The summed E-state index contributed by atoms with van der Waals surface area (Å²) in [6, 6.07) is 21.9. The number of hydrogen-bond acceptors (Lipinski definition) is 5. The van der Waals surface area contributed by atoms with Crippen molar-refractivity contribution in [3.05, 3.63) is 77.9 Å². The van der Waals surface area contributed by atoms with E-state index >= 15 is 0 Å². The predicted octanol–water partition coefficient (Wildman–Crippen LogP) is 5.95. The van der Waals surface area contributed by atoms with Gasteiger partial charge in [-0.1, -0.05) is 24.6 Å². The Morgan fingerprint density at radius 3 is 2.18 bits per heavy atom. The lowest BCUT2D eigenvalue weighted by Gasteiger charge is -2.26. The van der Waals surface area contributed by atoms with Crippen LogP contribution >= 0.6 is 0 Å². The third-order valence-corrected chi connectivity index (χ3v) is 5.98. The predicted molar refractivity (Wildman–Crippen MR) is 131 cm³/mol. The summed E-state index contributed by atoms with van der Waals surface area (Å²) in [4.78, 5) is 2.48. The van der Waals surface area contributed by atoms with Crippen molar-refractivity contribution in [3.63, 3.8) is 0 Å². The highest BCUT2D eigenvalue weighted by Crippen LogP contribution is 2.32. The second kappa shape index (κ2) is 11.6. The summed E-state index contributed by atoms with van der Waals surface area (Å²) in [6.45, 7) is 4.07. The Balaban J connectivity index is 1.40. The van der Waals surface area contributed by atoms with E-state index < -0.39 is 0 Å². The summed E-state index contributed by atoms with van der Waals surface area (Å²) < 4.78 is 23.0. The van der Waals surface area contributed by atoms with Gasteiger partial charge in [0, 0.05) is 19.0 Å². The molecule has 1 fully saturated rings. The van der Waals surface area contributed by atoms with Crippen LogP contribution in [0, 0.1) is 0 Å². The van der Waals surface area contributed by atoms with Gasteiger partial charge in [0.25, 0.3) is 0 Å². The Bertz CT molecular complexity index is 1010. The first-order chi connectivity index (χ1) is 16.2. The first-order valence-corrected chi connectivity index (χ1v) is 11.7.